The minimum absolute atomic E-state index is 0.254. The predicted molar refractivity (Wildman–Crippen MR) is 63.9 cm³/mol. The van der Waals surface area contributed by atoms with Crippen molar-refractivity contribution in [2.24, 2.45) is 4.99 Å². The zero-order chi connectivity index (χ0) is 11.1. The molecule has 0 spiro atoms. The van der Waals surface area contributed by atoms with Crippen molar-refractivity contribution in [1.29, 1.82) is 0 Å². The van der Waals surface area contributed by atoms with Gasteiger partial charge in [0.1, 0.15) is 17.5 Å². The second kappa shape index (κ2) is 3.73. The van der Waals surface area contributed by atoms with Gasteiger partial charge in [-0.3, -0.25) is 4.99 Å². The van der Waals surface area contributed by atoms with Crippen LogP contribution in [0.1, 0.15) is 18.4 Å². The Kier molecular flexibility index (Phi) is 2.35. The van der Waals surface area contributed by atoms with Gasteiger partial charge in [0.15, 0.2) is 5.82 Å². The van der Waals surface area contributed by atoms with E-state index >= 15 is 0 Å². The number of aliphatic imine (C=N–C) groups is 1. The van der Waals surface area contributed by atoms with Crippen molar-refractivity contribution in [3.05, 3.63) is 17.4 Å². The van der Waals surface area contributed by atoms with Gasteiger partial charge in [0, 0.05) is 17.8 Å². The van der Waals surface area contributed by atoms with Gasteiger partial charge in [-0.05, 0) is 25.2 Å². The number of rotatable bonds is 2. The summed E-state index contributed by atoms with van der Waals surface area (Å²) in [5.74, 6) is 0.638. The smallest absolute Gasteiger partial charge is 0.156 e. The van der Waals surface area contributed by atoms with Crippen LogP contribution < -0.4 is 4.90 Å². The molecule has 3 rings (SSSR count). The van der Waals surface area contributed by atoms with Gasteiger partial charge in [-0.2, -0.15) is 0 Å². The Balaban J connectivity index is 2.08. The SMILES string of the molecule is CSc1nc2c(cc1F)C=NCN2C1CC1. The third kappa shape index (κ3) is 1.59. The molecule has 0 saturated heterocycles. The highest BCUT2D eigenvalue weighted by molar-refractivity contribution is 7.98. The van der Waals surface area contributed by atoms with Crippen LogP contribution in [-0.2, 0) is 0 Å². The van der Waals surface area contributed by atoms with Crippen molar-refractivity contribution in [3.8, 4) is 0 Å². The minimum atomic E-state index is -0.254. The first-order valence-electron chi connectivity index (χ1n) is 5.30. The van der Waals surface area contributed by atoms with Crippen molar-refractivity contribution in [2.45, 2.75) is 23.9 Å². The van der Waals surface area contributed by atoms with Crippen LogP contribution in [0.15, 0.2) is 16.1 Å². The monoisotopic (exact) mass is 237 g/mol. The molecule has 1 saturated carbocycles. The molecule has 1 aromatic heterocycles. The topological polar surface area (TPSA) is 28.5 Å². The lowest BCUT2D eigenvalue weighted by molar-refractivity contribution is 0.585. The van der Waals surface area contributed by atoms with E-state index in [0.29, 0.717) is 17.7 Å². The number of anilines is 1. The van der Waals surface area contributed by atoms with Gasteiger partial charge in [0.05, 0.1) is 0 Å². The van der Waals surface area contributed by atoms with Crippen molar-refractivity contribution >= 4 is 23.8 Å². The number of nitrogens with zero attached hydrogens (tertiary/aromatic N) is 3. The van der Waals surface area contributed by atoms with Gasteiger partial charge in [0.2, 0.25) is 0 Å². The summed E-state index contributed by atoms with van der Waals surface area (Å²) >= 11 is 1.35. The minimum Gasteiger partial charge on any atom is -0.334 e. The first kappa shape index (κ1) is 10.1. The molecule has 16 heavy (non-hydrogen) atoms. The lowest BCUT2D eigenvalue weighted by Crippen LogP contribution is -2.30. The van der Waals surface area contributed by atoms with Crippen molar-refractivity contribution in [3.63, 3.8) is 0 Å². The molecule has 5 heteroatoms. The normalized spacial score (nSPS) is 18.8. The zero-order valence-electron chi connectivity index (χ0n) is 8.98. The standard InChI is InChI=1S/C11H12FN3S/c1-16-11-9(12)4-7-5-13-6-15(8-2-3-8)10(7)14-11/h4-5,8H,2-3,6H2,1H3. The molecule has 1 aliphatic heterocycles. The van der Waals surface area contributed by atoms with Gasteiger partial charge >= 0.3 is 0 Å². The van der Waals surface area contributed by atoms with E-state index in [-0.39, 0.29) is 5.82 Å². The Hall–Kier alpha value is -1.10. The van der Waals surface area contributed by atoms with Crippen LogP contribution in [0, 0.1) is 5.82 Å². The van der Waals surface area contributed by atoms with Crippen molar-refractivity contribution in [1.82, 2.24) is 4.98 Å². The summed E-state index contributed by atoms with van der Waals surface area (Å²) in [6.07, 6.45) is 5.95. The number of thioether (sulfide) groups is 1. The van der Waals surface area contributed by atoms with E-state index in [1.807, 2.05) is 6.26 Å². The number of pyridine rings is 1. The Morgan fingerprint density at radius 2 is 2.31 bits per heavy atom. The molecule has 0 unspecified atom stereocenters. The molecule has 3 nitrogen and oxygen atoms in total. The van der Waals surface area contributed by atoms with Crippen LogP contribution in [0.3, 0.4) is 0 Å². The molecular formula is C11H12FN3S. The molecular weight excluding hydrogens is 225 g/mol. The first-order valence-corrected chi connectivity index (χ1v) is 6.53. The maximum atomic E-state index is 13.6. The van der Waals surface area contributed by atoms with Crippen LogP contribution in [-0.4, -0.2) is 30.2 Å². The third-order valence-electron chi connectivity index (χ3n) is 2.87. The molecule has 2 aliphatic rings. The number of fused-ring (bicyclic) bond motifs is 1. The molecule has 0 radical (unpaired) electrons. The second-order valence-electron chi connectivity index (χ2n) is 4.05. The van der Waals surface area contributed by atoms with Gasteiger partial charge in [-0.25, -0.2) is 9.37 Å². The highest BCUT2D eigenvalue weighted by Crippen LogP contribution is 2.35. The summed E-state index contributed by atoms with van der Waals surface area (Å²) in [4.78, 5) is 10.8. The quantitative estimate of drug-likeness (QED) is 0.739. The molecule has 1 fully saturated rings. The summed E-state index contributed by atoms with van der Waals surface area (Å²) in [6.45, 7) is 0.657. The van der Waals surface area contributed by atoms with Gasteiger partial charge in [-0.1, -0.05) is 0 Å². The molecule has 0 N–H and O–H groups in total. The van der Waals surface area contributed by atoms with Gasteiger partial charge in [-0.15, -0.1) is 11.8 Å². The van der Waals surface area contributed by atoms with Crippen molar-refractivity contribution < 1.29 is 4.39 Å². The molecule has 0 bridgehead atoms. The van der Waals surface area contributed by atoms with Crippen LogP contribution >= 0.6 is 11.8 Å². The molecule has 0 amide bonds. The van der Waals surface area contributed by atoms with E-state index in [4.69, 9.17) is 0 Å². The summed E-state index contributed by atoms with van der Waals surface area (Å²) in [6, 6.07) is 2.09. The van der Waals surface area contributed by atoms with E-state index < -0.39 is 0 Å². The van der Waals surface area contributed by atoms with Gasteiger partial charge < -0.3 is 4.90 Å². The van der Waals surface area contributed by atoms with E-state index in [1.54, 1.807) is 6.21 Å². The summed E-state index contributed by atoms with van der Waals surface area (Å²) in [5.41, 5.74) is 0.799. The molecule has 2 heterocycles. The largest absolute Gasteiger partial charge is 0.334 e. The molecule has 84 valence electrons. The Morgan fingerprint density at radius 1 is 1.50 bits per heavy atom. The second-order valence-corrected chi connectivity index (χ2v) is 4.84. The van der Waals surface area contributed by atoms with E-state index in [1.165, 1.54) is 30.7 Å². The number of aromatic nitrogens is 1. The van der Waals surface area contributed by atoms with Crippen LogP contribution in [0.25, 0.3) is 0 Å². The number of halogens is 1. The van der Waals surface area contributed by atoms with E-state index in [2.05, 4.69) is 14.9 Å². The van der Waals surface area contributed by atoms with Crippen LogP contribution in [0.2, 0.25) is 0 Å². The third-order valence-corrected chi connectivity index (χ3v) is 3.54. The maximum absolute atomic E-state index is 13.6. The fraction of sp³-hybridized carbons (Fsp3) is 0.455. The lowest BCUT2D eigenvalue weighted by atomic mass is 10.2. The fourth-order valence-corrected chi connectivity index (χ4v) is 2.35. The summed E-state index contributed by atoms with van der Waals surface area (Å²) < 4.78 is 13.6. The zero-order valence-corrected chi connectivity index (χ0v) is 9.80. The molecule has 1 aliphatic carbocycles. The molecule has 0 atom stereocenters. The van der Waals surface area contributed by atoms with Crippen molar-refractivity contribution in [2.75, 3.05) is 17.8 Å². The Bertz CT molecular complexity index is 457. The Morgan fingerprint density at radius 3 is 3.00 bits per heavy atom. The fourth-order valence-electron chi connectivity index (χ4n) is 1.91. The van der Waals surface area contributed by atoms with Crippen LogP contribution in [0.4, 0.5) is 10.2 Å². The average Bonchev–Trinajstić information content (AvgIpc) is 3.11. The Labute approximate surface area is 97.8 Å². The van der Waals surface area contributed by atoms with Crippen LogP contribution in [0.5, 0.6) is 0 Å². The lowest BCUT2D eigenvalue weighted by Gasteiger charge is -2.26. The number of hydrogen-bond acceptors (Lipinski definition) is 4. The highest BCUT2D eigenvalue weighted by Gasteiger charge is 2.32. The number of hydrogen-bond donors (Lipinski definition) is 0. The molecule has 0 aromatic carbocycles. The van der Waals surface area contributed by atoms with Gasteiger partial charge in [0.25, 0.3) is 0 Å². The highest BCUT2D eigenvalue weighted by atomic mass is 32.2. The summed E-state index contributed by atoms with van der Waals surface area (Å²) in [7, 11) is 0. The predicted octanol–water partition coefficient (Wildman–Crippen LogP) is 2.30. The average molecular weight is 237 g/mol. The molecule has 1 aromatic rings. The first-order chi connectivity index (χ1) is 7.79. The summed E-state index contributed by atoms with van der Waals surface area (Å²) in [5, 5.41) is 0.472. The van der Waals surface area contributed by atoms with E-state index in [9.17, 15) is 4.39 Å². The maximum Gasteiger partial charge on any atom is 0.156 e. The van der Waals surface area contributed by atoms with E-state index in [0.717, 1.165) is 11.4 Å².